The average Bonchev–Trinajstić information content (AvgIpc) is 3.39. The Morgan fingerprint density at radius 3 is 2.69 bits per heavy atom. The summed E-state index contributed by atoms with van der Waals surface area (Å²) in [6, 6.07) is 9.59. The van der Waals surface area contributed by atoms with Crippen molar-refractivity contribution in [3.8, 4) is 5.69 Å². The van der Waals surface area contributed by atoms with Crippen molar-refractivity contribution in [3.05, 3.63) is 63.8 Å². The molecule has 0 aliphatic heterocycles. The zero-order valence-corrected chi connectivity index (χ0v) is 18.8. The maximum absolute atomic E-state index is 12.6. The first kappa shape index (κ1) is 20.4. The van der Waals surface area contributed by atoms with Crippen LogP contribution in [0.3, 0.4) is 0 Å². The first-order chi connectivity index (χ1) is 15.5. The maximum atomic E-state index is 12.6. The summed E-state index contributed by atoms with van der Waals surface area (Å²) in [5.74, 6) is 0.542. The van der Waals surface area contributed by atoms with Crippen molar-refractivity contribution in [1.29, 1.82) is 0 Å². The fraction of sp³-hybridized carbons (Fsp3) is 0.273. The topological polar surface area (TPSA) is 107 Å². The summed E-state index contributed by atoms with van der Waals surface area (Å²) in [5.41, 5.74) is 4.29. The molecule has 32 heavy (non-hydrogen) atoms. The lowest BCUT2D eigenvalue weighted by Crippen LogP contribution is -2.09. The van der Waals surface area contributed by atoms with E-state index in [1.54, 1.807) is 9.20 Å². The summed E-state index contributed by atoms with van der Waals surface area (Å²) in [7, 11) is 0. The molecule has 1 N–H and O–H groups in total. The van der Waals surface area contributed by atoms with Gasteiger partial charge in [-0.25, -0.2) is 19.2 Å². The Kier molecular flexibility index (Phi) is 5.22. The van der Waals surface area contributed by atoms with Gasteiger partial charge in [0.05, 0.1) is 11.9 Å². The summed E-state index contributed by atoms with van der Waals surface area (Å²) in [4.78, 5) is 29.3. The highest BCUT2D eigenvalue weighted by Gasteiger charge is 2.17. The predicted molar refractivity (Wildman–Crippen MR) is 122 cm³/mol. The van der Waals surface area contributed by atoms with Crippen LogP contribution in [0.15, 0.2) is 51.6 Å². The van der Waals surface area contributed by atoms with E-state index in [9.17, 15) is 4.79 Å². The van der Waals surface area contributed by atoms with Crippen LogP contribution in [-0.4, -0.2) is 39.3 Å². The van der Waals surface area contributed by atoms with Crippen molar-refractivity contribution >= 4 is 28.6 Å². The van der Waals surface area contributed by atoms with E-state index in [0.29, 0.717) is 27.1 Å². The van der Waals surface area contributed by atoms with E-state index in [-0.39, 0.29) is 5.56 Å². The number of aromatic amines is 1. The highest BCUT2D eigenvalue weighted by atomic mass is 32.2. The lowest BCUT2D eigenvalue weighted by molar-refractivity contribution is 0.753. The molecule has 0 fully saturated rings. The number of aryl methyl sites for hydroxylation is 2. The SMILES string of the molecule is CCCCc1c(C)nc2nc(Sc3nc4c(cnn4-c4ccccc4)c(=O)[nH]3)nn2c1C. The number of H-pyrrole nitrogens is 1. The van der Waals surface area contributed by atoms with Crippen LogP contribution in [0.2, 0.25) is 0 Å². The van der Waals surface area contributed by atoms with Crippen molar-refractivity contribution in [2.45, 2.75) is 50.3 Å². The summed E-state index contributed by atoms with van der Waals surface area (Å²) in [6.07, 6.45) is 4.72. The van der Waals surface area contributed by atoms with Crippen molar-refractivity contribution in [2.75, 3.05) is 0 Å². The van der Waals surface area contributed by atoms with Gasteiger partial charge in [0.2, 0.25) is 5.16 Å². The molecular weight excluding hydrogens is 424 g/mol. The van der Waals surface area contributed by atoms with E-state index in [1.165, 1.54) is 23.5 Å². The minimum Gasteiger partial charge on any atom is -0.300 e. The lowest BCUT2D eigenvalue weighted by Gasteiger charge is -2.09. The van der Waals surface area contributed by atoms with Gasteiger partial charge < -0.3 is 4.98 Å². The lowest BCUT2D eigenvalue weighted by atomic mass is 10.1. The molecular formula is C22H22N8OS. The van der Waals surface area contributed by atoms with Gasteiger partial charge in [0.25, 0.3) is 11.3 Å². The number of unbranched alkanes of at least 4 members (excludes halogenated alkanes) is 1. The second kappa shape index (κ2) is 8.19. The fourth-order valence-electron chi connectivity index (χ4n) is 3.74. The van der Waals surface area contributed by atoms with Crippen LogP contribution in [0, 0.1) is 13.8 Å². The van der Waals surface area contributed by atoms with Gasteiger partial charge in [0.15, 0.2) is 10.8 Å². The molecule has 0 radical (unpaired) electrons. The van der Waals surface area contributed by atoms with Gasteiger partial charge in [-0.05, 0) is 56.1 Å². The van der Waals surface area contributed by atoms with Crippen LogP contribution >= 0.6 is 11.8 Å². The second-order valence-electron chi connectivity index (χ2n) is 7.57. The molecule has 9 nitrogen and oxygen atoms in total. The van der Waals surface area contributed by atoms with E-state index in [2.05, 4.69) is 37.1 Å². The summed E-state index contributed by atoms with van der Waals surface area (Å²) < 4.78 is 3.42. The predicted octanol–water partition coefficient (Wildman–Crippen LogP) is 3.66. The second-order valence-corrected chi connectivity index (χ2v) is 8.53. The van der Waals surface area contributed by atoms with E-state index in [4.69, 9.17) is 0 Å². The average molecular weight is 447 g/mol. The number of para-hydroxylation sites is 1. The highest BCUT2D eigenvalue weighted by molar-refractivity contribution is 7.99. The number of aromatic nitrogens is 8. The standard InChI is InChI=1S/C22H22N8OS/c1-4-5-11-16-13(2)24-20-27-22(28-29(20)14(16)3)32-21-25-18-17(19(31)26-21)12-23-30(18)15-9-7-6-8-10-15/h6-10,12H,4-5,11H2,1-3H3,(H,25,26,31). The highest BCUT2D eigenvalue weighted by Crippen LogP contribution is 2.24. The van der Waals surface area contributed by atoms with Gasteiger partial charge in [-0.2, -0.15) is 10.1 Å². The van der Waals surface area contributed by atoms with Crippen LogP contribution in [0.5, 0.6) is 0 Å². The van der Waals surface area contributed by atoms with Crippen LogP contribution in [0.1, 0.15) is 36.7 Å². The molecule has 4 aromatic heterocycles. The minimum atomic E-state index is -0.254. The Labute approximate surface area is 187 Å². The molecule has 162 valence electrons. The largest absolute Gasteiger partial charge is 0.300 e. The molecule has 0 aliphatic carbocycles. The molecule has 0 saturated carbocycles. The van der Waals surface area contributed by atoms with Crippen molar-refractivity contribution < 1.29 is 0 Å². The van der Waals surface area contributed by atoms with Gasteiger partial charge in [-0.1, -0.05) is 31.5 Å². The van der Waals surface area contributed by atoms with Crippen molar-refractivity contribution in [1.82, 2.24) is 39.3 Å². The normalized spacial score (nSPS) is 11.6. The van der Waals surface area contributed by atoms with Gasteiger partial charge >= 0.3 is 0 Å². The summed E-state index contributed by atoms with van der Waals surface area (Å²) in [5, 5.41) is 10.3. The van der Waals surface area contributed by atoms with Gasteiger partial charge in [0, 0.05) is 11.4 Å². The first-order valence-electron chi connectivity index (χ1n) is 10.5. The van der Waals surface area contributed by atoms with E-state index in [0.717, 1.165) is 36.3 Å². The third-order valence-electron chi connectivity index (χ3n) is 5.41. The first-order valence-corrected chi connectivity index (χ1v) is 11.3. The van der Waals surface area contributed by atoms with Gasteiger partial charge in [0.1, 0.15) is 5.39 Å². The number of hydrogen-bond acceptors (Lipinski definition) is 7. The van der Waals surface area contributed by atoms with Gasteiger partial charge in [-0.3, -0.25) is 4.79 Å². The Morgan fingerprint density at radius 2 is 1.91 bits per heavy atom. The number of fused-ring (bicyclic) bond motifs is 2. The number of nitrogens with zero attached hydrogens (tertiary/aromatic N) is 7. The molecule has 0 unspecified atom stereocenters. The van der Waals surface area contributed by atoms with Crippen molar-refractivity contribution in [2.24, 2.45) is 0 Å². The van der Waals surface area contributed by atoms with Gasteiger partial charge in [-0.15, -0.1) is 5.10 Å². The van der Waals surface area contributed by atoms with E-state index >= 15 is 0 Å². The molecule has 0 bridgehead atoms. The number of benzene rings is 1. The number of rotatable bonds is 6. The van der Waals surface area contributed by atoms with Crippen LogP contribution in [0.4, 0.5) is 0 Å². The zero-order chi connectivity index (χ0) is 22.2. The van der Waals surface area contributed by atoms with E-state index < -0.39 is 0 Å². The van der Waals surface area contributed by atoms with Crippen LogP contribution in [-0.2, 0) is 6.42 Å². The Hall–Kier alpha value is -3.53. The van der Waals surface area contributed by atoms with E-state index in [1.807, 2.05) is 44.2 Å². The molecule has 0 aliphatic rings. The third-order valence-corrected chi connectivity index (χ3v) is 6.16. The molecule has 0 spiro atoms. The maximum Gasteiger partial charge on any atom is 0.262 e. The summed E-state index contributed by atoms with van der Waals surface area (Å²) in [6.45, 7) is 6.23. The molecule has 1 aromatic carbocycles. The minimum absolute atomic E-state index is 0.254. The smallest absolute Gasteiger partial charge is 0.262 e. The van der Waals surface area contributed by atoms with Crippen LogP contribution < -0.4 is 5.56 Å². The molecule has 4 heterocycles. The number of hydrogen-bond donors (Lipinski definition) is 1. The Morgan fingerprint density at radius 1 is 1.09 bits per heavy atom. The molecule has 5 rings (SSSR count). The van der Waals surface area contributed by atoms with Crippen LogP contribution in [0.25, 0.3) is 22.5 Å². The molecule has 0 saturated heterocycles. The quantitative estimate of drug-likeness (QED) is 0.397. The Bertz CT molecular complexity index is 1490. The molecule has 0 atom stereocenters. The summed E-state index contributed by atoms with van der Waals surface area (Å²) >= 11 is 1.20. The molecule has 10 heteroatoms. The third kappa shape index (κ3) is 3.56. The fourth-order valence-corrected chi connectivity index (χ4v) is 4.44. The molecule has 0 amide bonds. The van der Waals surface area contributed by atoms with Crippen molar-refractivity contribution in [3.63, 3.8) is 0 Å². The number of nitrogens with one attached hydrogen (secondary N) is 1. The molecule has 5 aromatic rings. The Balaban J connectivity index is 1.54. The monoisotopic (exact) mass is 446 g/mol. The zero-order valence-electron chi connectivity index (χ0n) is 18.0.